The Bertz CT molecular complexity index is 529. The molecule has 0 saturated heterocycles. The quantitative estimate of drug-likeness (QED) is 0.540. The first-order valence-electron chi connectivity index (χ1n) is 6.87. The molecule has 0 saturated carbocycles. The van der Waals surface area contributed by atoms with E-state index >= 15 is 0 Å². The zero-order valence-corrected chi connectivity index (χ0v) is 12.6. The number of esters is 2. The van der Waals surface area contributed by atoms with E-state index in [2.05, 4.69) is 0 Å². The van der Waals surface area contributed by atoms with Crippen LogP contribution in [-0.4, -0.2) is 23.5 Å². The van der Waals surface area contributed by atoms with Gasteiger partial charge in [-0.2, -0.15) is 0 Å². The standard InChI is InChI=1S/C16H18O6/c1-11(17)6-8-15(19)21-13-4-3-5-14(10-13)22-16(20)9-7-12(2)18/h3-5,10H,6-9H2,1-2H3. The predicted octanol–water partition coefficient (Wildman–Crippen LogP) is 2.24. The highest BCUT2D eigenvalue weighted by atomic mass is 16.5. The molecule has 0 radical (unpaired) electrons. The highest BCUT2D eigenvalue weighted by molar-refractivity contribution is 5.82. The highest BCUT2D eigenvalue weighted by Crippen LogP contribution is 2.20. The van der Waals surface area contributed by atoms with Crippen molar-refractivity contribution in [3.05, 3.63) is 24.3 Å². The molecule has 1 aromatic carbocycles. The Labute approximate surface area is 128 Å². The summed E-state index contributed by atoms with van der Waals surface area (Å²) in [5.74, 6) is -0.795. The van der Waals surface area contributed by atoms with E-state index in [-0.39, 0.29) is 48.7 Å². The van der Waals surface area contributed by atoms with Crippen LogP contribution in [0.5, 0.6) is 11.5 Å². The SMILES string of the molecule is CC(=O)CCC(=O)Oc1cccc(OC(=O)CCC(C)=O)c1. The normalized spacial score (nSPS) is 9.91. The van der Waals surface area contributed by atoms with Crippen LogP contribution in [0.1, 0.15) is 39.5 Å². The van der Waals surface area contributed by atoms with Crippen LogP contribution in [0.3, 0.4) is 0 Å². The van der Waals surface area contributed by atoms with Gasteiger partial charge in [0.2, 0.25) is 0 Å². The third-order valence-corrected chi connectivity index (χ3v) is 2.63. The summed E-state index contributed by atoms with van der Waals surface area (Å²) in [4.78, 5) is 44.6. The molecule has 0 fully saturated rings. The number of ketones is 2. The fraction of sp³-hybridized carbons (Fsp3) is 0.375. The lowest BCUT2D eigenvalue weighted by Crippen LogP contribution is -2.11. The minimum atomic E-state index is -0.532. The molecule has 0 aliphatic heterocycles. The van der Waals surface area contributed by atoms with Gasteiger partial charge in [0.25, 0.3) is 0 Å². The van der Waals surface area contributed by atoms with Crippen molar-refractivity contribution in [3.63, 3.8) is 0 Å². The molecule has 0 aliphatic rings. The van der Waals surface area contributed by atoms with Crippen LogP contribution in [0, 0.1) is 0 Å². The Balaban J connectivity index is 2.54. The van der Waals surface area contributed by atoms with Crippen LogP contribution in [0.2, 0.25) is 0 Å². The monoisotopic (exact) mass is 306 g/mol. The van der Waals surface area contributed by atoms with Crippen molar-refractivity contribution < 1.29 is 28.7 Å². The number of benzene rings is 1. The zero-order chi connectivity index (χ0) is 16.5. The van der Waals surface area contributed by atoms with Gasteiger partial charge in [-0.15, -0.1) is 0 Å². The Kier molecular flexibility index (Phi) is 6.95. The molecule has 1 rings (SSSR count). The molecule has 0 amide bonds. The second-order valence-corrected chi connectivity index (χ2v) is 4.83. The first-order chi connectivity index (χ1) is 10.4. The summed E-state index contributed by atoms with van der Waals surface area (Å²) in [6, 6.07) is 6.05. The van der Waals surface area contributed by atoms with E-state index in [4.69, 9.17) is 9.47 Å². The molecule has 0 atom stereocenters. The van der Waals surface area contributed by atoms with E-state index in [0.29, 0.717) is 0 Å². The maximum absolute atomic E-state index is 11.5. The topological polar surface area (TPSA) is 86.7 Å². The summed E-state index contributed by atoms with van der Waals surface area (Å²) in [5, 5.41) is 0. The molecular weight excluding hydrogens is 288 g/mol. The Morgan fingerprint density at radius 3 is 1.55 bits per heavy atom. The van der Waals surface area contributed by atoms with Crippen LogP contribution >= 0.6 is 0 Å². The van der Waals surface area contributed by atoms with Crippen molar-refractivity contribution >= 4 is 23.5 Å². The van der Waals surface area contributed by atoms with Crippen LogP contribution in [0.15, 0.2) is 24.3 Å². The summed E-state index contributed by atoms with van der Waals surface area (Å²) in [5.41, 5.74) is 0. The molecule has 0 bridgehead atoms. The lowest BCUT2D eigenvalue weighted by molar-refractivity contribution is -0.136. The molecule has 0 heterocycles. The average Bonchev–Trinajstić information content (AvgIpc) is 2.43. The van der Waals surface area contributed by atoms with Gasteiger partial charge in [-0.05, 0) is 26.0 Å². The van der Waals surface area contributed by atoms with Gasteiger partial charge in [-0.1, -0.05) is 6.07 Å². The molecule has 6 heteroatoms. The molecule has 0 N–H and O–H groups in total. The minimum Gasteiger partial charge on any atom is -0.426 e. The van der Waals surface area contributed by atoms with Gasteiger partial charge in [0, 0.05) is 18.9 Å². The van der Waals surface area contributed by atoms with Crippen LogP contribution < -0.4 is 9.47 Å². The van der Waals surface area contributed by atoms with Gasteiger partial charge < -0.3 is 19.1 Å². The van der Waals surface area contributed by atoms with Gasteiger partial charge in [-0.25, -0.2) is 0 Å². The number of ether oxygens (including phenoxy) is 2. The van der Waals surface area contributed by atoms with E-state index in [1.807, 2.05) is 0 Å². The van der Waals surface area contributed by atoms with Crippen molar-refractivity contribution in [2.24, 2.45) is 0 Å². The van der Waals surface area contributed by atoms with Crippen LogP contribution in [0.25, 0.3) is 0 Å². The molecular formula is C16H18O6. The third kappa shape index (κ3) is 7.33. The zero-order valence-electron chi connectivity index (χ0n) is 12.6. The molecule has 1 aromatic rings. The Hall–Kier alpha value is -2.50. The predicted molar refractivity (Wildman–Crippen MR) is 77.5 cm³/mol. The summed E-state index contributed by atoms with van der Waals surface area (Å²) in [6.45, 7) is 2.79. The van der Waals surface area contributed by atoms with E-state index in [1.54, 1.807) is 18.2 Å². The van der Waals surface area contributed by atoms with Gasteiger partial charge in [0.05, 0.1) is 12.8 Å². The van der Waals surface area contributed by atoms with Crippen molar-refractivity contribution in [2.45, 2.75) is 39.5 Å². The summed E-state index contributed by atoms with van der Waals surface area (Å²) in [6.07, 6.45) is 0.243. The van der Waals surface area contributed by atoms with E-state index in [1.165, 1.54) is 19.9 Å². The van der Waals surface area contributed by atoms with Crippen molar-refractivity contribution in [2.75, 3.05) is 0 Å². The smallest absolute Gasteiger partial charge is 0.311 e. The highest BCUT2D eigenvalue weighted by Gasteiger charge is 2.10. The van der Waals surface area contributed by atoms with Crippen LogP contribution in [0.4, 0.5) is 0 Å². The minimum absolute atomic E-state index is 0.00202. The lowest BCUT2D eigenvalue weighted by atomic mass is 10.2. The molecule has 0 unspecified atom stereocenters. The molecule has 0 aliphatic carbocycles. The Morgan fingerprint density at radius 2 is 1.18 bits per heavy atom. The number of Topliss-reactive ketones (excluding diaryl/α,β-unsaturated/α-hetero) is 2. The van der Waals surface area contributed by atoms with Gasteiger partial charge >= 0.3 is 11.9 Å². The van der Waals surface area contributed by atoms with E-state index in [0.717, 1.165) is 0 Å². The van der Waals surface area contributed by atoms with E-state index in [9.17, 15) is 19.2 Å². The number of carbonyl (C=O) groups is 4. The molecule has 118 valence electrons. The van der Waals surface area contributed by atoms with Crippen molar-refractivity contribution in [1.82, 2.24) is 0 Å². The maximum Gasteiger partial charge on any atom is 0.311 e. The number of hydrogen-bond acceptors (Lipinski definition) is 6. The summed E-state index contributed by atoms with van der Waals surface area (Å²) < 4.78 is 10.1. The second kappa shape index (κ2) is 8.71. The molecule has 6 nitrogen and oxygen atoms in total. The fourth-order valence-electron chi connectivity index (χ4n) is 1.52. The lowest BCUT2D eigenvalue weighted by Gasteiger charge is -2.07. The first-order valence-corrected chi connectivity index (χ1v) is 6.87. The Morgan fingerprint density at radius 1 is 0.773 bits per heavy atom. The average molecular weight is 306 g/mol. The number of rotatable bonds is 8. The number of carbonyl (C=O) groups excluding carboxylic acids is 4. The van der Waals surface area contributed by atoms with Gasteiger partial charge in [-0.3, -0.25) is 9.59 Å². The second-order valence-electron chi connectivity index (χ2n) is 4.83. The van der Waals surface area contributed by atoms with E-state index < -0.39 is 11.9 Å². The molecule has 22 heavy (non-hydrogen) atoms. The van der Waals surface area contributed by atoms with Crippen LogP contribution in [-0.2, 0) is 19.2 Å². The maximum atomic E-state index is 11.5. The molecule has 0 spiro atoms. The largest absolute Gasteiger partial charge is 0.426 e. The summed E-state index contributed by atoms with van der Waals surface area (Å²) in [7, 11) is 0. The van der Waals surface area contributed by atoms with Gasteiger partial charge in [0.1, 0.15) is 23.1 Å². The third-order valence-electron chi connectivity index (χ3n) is 2.63. The first kappa shape index (κ1) is 17.6. The van der Waals surface area contributed by atoms with Crippen molar-refractivity contribution in [1.29, 1.82) is 0 Å². The fourth-order valence-corrected chi connectivity index (χ4v) is 1.52. The summed E-state index contributed by atoms with van der Waals surface area (Å²) >= 11 is 0. The number of hydrogen-bond donors (Lipinski definition) is 0. The van der Waals surface area contributed by atoms with Crippen molar-refractivity contribution in [3.8, 4) is 11.5 Å². The molecule has 0 aromatic heterocycles. The van der Waals surface area contributed by atoms with Gasteiger partial charge in [0.15, 0.2) is 0 Å².